The molecule has 0 fully saturated rings. The van der Waals surface area contributed by atoms with Crippen LogP contribution in [0.3, 0.4) is 0 Å². The van der Waals surface area contributed by atoms with Crippen molar-refractivity contribution in [1.29, 1.82) is 0 Å². The largest absolute Gasteiger partial charge is 0.491 e. The number of rotatable bonds is 5. The molecule has 0 saturated heterocycles. The molecule has 0 saturated carbocycles. The number of hydrogen-bond acceptors (Lipinski definition) is 4. The Morgan fingerprint density at radius 2 is 2.10 bits per heavy atom. The molecule has 5 nitrogen and oxygen atoms in total. The zero-order valence-corrected chi connectivity index (χ0v) is 13.3. The summed E-state index contributed by atoms with van der Waals surface area (Å²) in [5.74, 6) is 0.481. The summed E-state index contributed by atoms with van der Waals surface area (Å²) in [5, 5.41) is 2.57. The predicted octanol–water partition coefficient (Wildman–Crippen LogP) is 3.17. The number of aldehydes is 1. The van der Waals surface area contributed by atoms with E-state index in [1.807, 2.05) is 0 Å². The van der Waals surface area contributed by atoms with Gasteiger partial charge < -0.3 is 14.8 Å². The van der Waals surface area contributed by atoms with Crippen molar-refractivity contribution in [2.45, 2.75) is 26.4 Å². The molecule has 110 valence electrons. The van der Waals surface area contributed by atoms with Crippen molar-refractivity contribution in [1.82, 2.24) is 5.32 Å². The minimum atomic E-state index is -0.526. The standard InChI is InChI=1S/C14H18BrNO4/c1-14(2,3)20-13(18)16-6-7-19-12-5-4-11(15)8-10(12)9-17/h4-5,8-9H,6-7H2,1-3H3,(H,16,18). The summed E-state index contributed by atoms with van der Waals surface area (Å²) in [7, 11) is 0. The van der Waals surface area contributed by atoms with E-state index in [4.69, 9.17) is 9.47 Å². The highest BCUT2D eigenvalue weighted by atomic mass is 79.9. The van der Waals surface area contributed by atoms with Gasteiger partial charge in [0.2, 0.25) is 0 Å². The zero-order chi connectivity index (χ0) is 15.2. The van der Waals surface area contributed by atoms with E-state index >= 15 is 0 Å². The third-order valence-electron chi connectivity index (χ3n) is 2.13. The fourth-order valence-corrected chi connectivity index (χ4v) is 1.75. The number of nitrogens with one attached hydrogen (secondary N) is 1. The van der Waals surface area contributed by atoms with Gasteiger partial charge in [-0.3, -0.25) is 4.79 Å². The molecule has 0 aliphatic rings. The lowest BCUT2D eigenvalue weighted by Gasteiger charge is -2.19. The van der Waals surface area contributed by atoms with Crippen molar-refractivity contribution in [3.63, 3.8) is 0 Å². The van der Waals surface area contributed by atoms with Crippen LogP contribution in [0.1, 0.15) is 31.1 Å². The van der Waals surface area contributed by atoms with Crippen LogP contribution >= 0.6 is 15.9 Å². The Bertz CT molecular complexity index is 483. The number of alkyl carbamates (subject to hydrolysis) is 1. The SMILES string of the molecule is CC(C)(C)OC(=O)NCCOc1ccc(Br)cc1C=O. The number of hydrogen-bond donors (Lipinski definition) is 1. The Kier molecular flexibility index (Phi) is 6.01. The number of carbonyl (C=O) groups excluding carboxylic acids is 2. The molecule has 0 aliphatic carbocycles. The average Bonchev–Trinajstić information content (AvgIpc) is 2.33. The van der Waals surface area contributed by atoms with Crippen LogP contribution in [0.15, 0.2) is 22.7 Å². The molecule has 0 aliphatic heterocycles. The molecule has 0 unspecified atom stereocenters. The normalized spacial score (nSPS) is 10.8. The fraction of sp³-hybridized carbons (Fsp3) is 0.429. The third kappa shape index (κ3) is 6.06. The van der Waals surface area contributed by atoms with Crippen molar-refractivity contribution in [3.05, 3.63) is 28.2 Å². The van der Waals surface area contributed by atoms with Crippen LogP contribution < -0.4 is 10.1 Å². The first-order valence-corrected chi connectivity index (χ1v) is 6.95. The maximum Gasteiger partial charge on any atom is 0.407 e. The molecule has 0 radical (unpaired) electrons. The Balaban J connectivity index is 2.38. The first kappa shape index (κ1) is 16.5. The van der Waals surface area contributed by atoms with E-state index in [1.54, 1.807) is 39.0 Å². The Morgan fingerprint density at radius 1 is 1.40 bits per heavy atom. The van der Waals surface area contributed by atoms with Gasteiger partial charge in [0.1, 0.15) is 18.0 Å². The van der Waals surface area contributed by atoms with Gasteiger partial charge in [-0.25, -0.2) is 4.79 Å². The molecule has 1 aromatic rings. The molecular weight excluding hydrogens is 326 g/mol. The molecule has 1 amide bonds. The topological polar surface area (TPSA) is 64.6 Å². The third-order valence-corrected chi connectivity index (χ3v) is 2.62. The quantitative estimate of drug-likeness (QED) is 0.658. The highest BCUT2D eigenvalue weighted by Crippen LogP contribution is 2.21. The van der Waals surface area contributed by atoms with Crippen molar-refractivity contribution in [3.8, 4) is 5.75 Å². The second kappa shape index (κ2) is 7.28. The number of benzene rings is 1. The molecular formula is C14H18BrNO4. The first-order chi connectivity index (χ1) is 9.31. The molecule has 1 rings (SSSR count). The number of amides is 1. The van der Waals surface area contributed by atoms with Crippen molar-refractivity contribution in [2.75, 3.05) is 13.2 Å². The van der Waals surface area contributed by atoms with Crippen molar-refractivity contribution < 1.29 is 19.1 Å². The molecule has 20 heavy (non-hydrogen) atoms. The number of carbonyl (C=O) groups is 2. The van der Waals surface area contributed by atoms with E-state index in [1.165, 1.54) is 0 Å². The molecule has 0 heterocycles. The van der Waals surface area contributed by atoms with Gasteiger partial charge in [-0.1, -0.05) is 15.9 Å². The summed E-state index contributed by atoms with van der Waals surface area (Å²) < 4.78 is 11.3. The molecule has 0 bridgehead atoms. The predicted molar refractivity (Wildman–Crippen MR) is 79.3 cm³/mol. The van der Waals surface area contributed by atoms with Crippen LogP contribution in [0, 0.1) is 0 Å². The molecule has 0 spiro atoms. The van der Waals surface area contributed by atoms with E-state index in [0.717, 1.165) is 10.8 Å². The second-order valence-corrected chi connectivity index (χ2v) is 5.99. The van der Waals surface area contributed by atoms with Gasteiger partial charge in [0.25, 0.3) is 0 Å². The smallest absolute Gasteiger partial charge is 0.407 e. The Morgan fingerprint density at radius 3 is 2.70 bits per heavy atom. The van der Waals surface area contributed by atoms with Crippen molar-refractivity contribution >= 4 is 28.3 Å². The molecule has 1 N–H and O–H groups in total. The van der Waals surface area contributed by atoms with E-state index < -0.39 is 11.7 Å². The van der Waals surface area contributed by atoms with Crippen LogP contribution in [-0.4, -0.2) is 31.1 Å². The molecule has 0 atom stereocenters. The van der Waals surface area contributed by atoms with Crippen LogP contribution in [0.4, 0.5) is 4.79 Å². The van der Waals surface area contributed by atoms with Gasteiger partial charge in [0, 0.05) is 4.47 Å². The van der Waals surface area contributed by atoms with Crippen LogP contribution in [0.5, 0.6) is 5.75 Å². The van der Waals surface area contributed by atoms with Gasteiger partial charge in [0.15, 0.2) is 6.29 Å². The Hall–Kier alpha value is -1.56. The summed E-state index contributed by atoms with van der Waals surface area (Å²) in [6, 6.07) is 5.15. The van der Waals surface area contributed by atoms with Gasteiger partial charge >= 0.3 is 6.09 Å². The highest BCUT2D eigenvalue weighted by Gasteiger charge is 2.15. The van der Waals surface area contributed by atoms with Gasteiger partial charge in [0.05, 0.1) is 12.1 Å². The first-order valence-electron chi connectivity index (χ1n) is 6.16. The highest BCUT2D eigenvalue weighted by molar-refractivity contribution is 9.10. The van der Waals surface area contributed by atoms with Crippen LogP contribution in [-0.2, 0) is 4.74 Å². The number of halogens is 1. The van der Waals surface area contributed by atoms with Crippen molar-refractivity contribution in [2.24, 2.45) is 0 Å². The minimum absolute atomic E-state index is 0.252. The van der Waals surface area contributed by atoms with E-state index in [2.05, 4.69) is 21.2 Å². The minimum Gasteiger partial charge on any atom is -0.491 e. The average molecular weight is 344 g/mol. The maximum absolute atomic E-state index is 11.4. The summed E-state index contributed by atoms with van der Waals surface area (Å²) in [4.78, 5) is 22.3. The summed E-state index contributed by atoms with van der Waals surface area (Å²) >= 11 is 3.28. The monoisotopic (exact) mass is 343 g/mol. The lowest BCUT2D eigenvalue weighted by Crippen LogP contribution is -2.34. The molecule has 0 aromatic heterocycles. The number of ether oxygens (including phenoxy) is 2. The summed E-state index contributed by atoms with van der Waals surface area (Å²) in [6.07, 6.45) is 0.231. The summed E-state index contributed by atoms with van der Waals surface area (Å²) in [5.41, 5.74) is -0.0712. The Labute approximate surface area is 126 Å². The lowest BCUT2D eigenvalue weighted by molar-refractivity contribution is 0.0520. The lowest BCUT2D eigenvalue weighted by atomic mass is 10.2. The van der Waals surface area contributed by atoms with Crippen LogP contribution in [0.2, 0.25) is 0 Å². The van der Waals surface area contributed by atoms with Gasteiger partial charge in [-0.2, -0.15) is 0 Å². The van der Waals surface area contributed by atoms with E-state index in [9.17, 15) is 9.59 Å². The molecule has 6 heteroatoms. The molecule has 1 aromatic carbocycles. The van der Waals surface area contributed by atoms with Gasteiger partial charge in [-0.05, 0) is 39.0 Å². The fourth-order valence-electron chi connectivity index (χ4n) is 1.37. The second-order valence-electron chi connectivity index (χ2n) is 5.08. The van der Waals surface area contributed by atoms with Gasteiger partial charge in [-0.15, -0.1) is 0 Å². The zero-order valence-electron chi connectivity index (χ0n) is 11.7. The van der Waals surface area contributed by atoms with Crippen LogP contribution in [0.25, 0.3) is 0 Å². The van der Waals surface area contributed by atoms with E-state index in [0.29, 0.717) is 17.9 Å². The maximum atomic E-state index is 11.4. The summed E-state index contributed by atoms with van der Waals surface area (Å²) in [6.45, 7) is 5.93. The van der Waals surface area contributed by atoms with E-state index in [-0.39, 0.29) is 6.61 Å².